The third-order valence-electron chi connectivity index (χ3n) is 9.81. The van der Waals surface area contributed by atoms with Crippen molar-refractivity contribution in [3.63, 3.8) is 0 Å². The first-order valence-corrected chi connectivity index (χ1v) is 13.0. The fourth-order valence-corrected chi connectivity index (χ4v) is 8.01. The number of aliphatic hydroxyl groups excluding tert-OH is 1. The van der Waals surface area contributed by atoms with Crippen molar-refractivity contribution >= 4 is 23.5 Å². The quantitative estimate of drug-likeness (QED) is 0.548. The van der Waals surface area contributed by atoms with E-state index in [0.717, 1.165) is 0 Å². The molecule has 8 heteroatoms. The van der Waals surface area contributed by atoms with E-state index in [9.17, 15) is 24.3 Å². The minimum Gasteiger partial charge on any atom is -0.457 e. The highest BCUT2D eigenvalue weighted by atomic mass is 19.1. The van der Waals surface area contributed by atoms with Gasteiger partial charge in [-0.3, -0.25) is 19.2 Å². The lowest BCUT2D eigenvalue weighted by atomic mass is 9.44. The van der Waals surface area contributed by atoms with Crippen LogP contribution in [0.1, 0.15) is 73.1 Å². The van der Waals surface area contributed by atoms with Gasteiger partial charge in [0.2, 0.25) is 5.78 Å². The number of aliphatic hydroxyl groups is 1. The maximum absolute atomic E-state index is 17.4. The second-order valence-corrected chi connectivity index (χ2v) is 11.4. The molecule has 0 aromatic carbocycles. The van der Waals surface area contributed by atoms with E-state index < -0.39 is 64.4 Å². The van der Waals surface area contributed by atoms with E-state index in [0.29, 0.717) is 24.8 Å². The first-order valence-electron chi connectivity index (χ1n) is 13.0. The van der Waals surface area contributed by atoms with Crippen molar-refractivity contribution in [3.8, 4) is 0 Å². The Bertz CT molecular complexity index is 1050. The number of halogens is 1. The number of hydrogen-bond donors (Lipinski definition) is 1. The topological polar surface area (TPSA) is 107 Å². The van der Waals surface area contributed by atoms with Crippen LogP contribution in [-0.2, 0) is 28.7 Å². The van der Waals surface area contributed by atoms with Crippen LogP contribution in [0.3, 0.4) is 0 Å². The van der Waals surface area contributed by atoms with Crippen molar-refractivity contribution in [1.82, 2.24) is 0 Å². The van der Waals surface area contributed by atoms with Gasteiger partial charge in [0.1, 0.15) is 0 Å². The van der Waals surface area contributed by atoms with Crippen LogP contribution in [0.4, 0.5) is 4.39 Å². The fourth-order valence-electron chi connectivity index (χ4n) is 8.01. The Labute approximate surface area is 211 Å². The van der Waals surface area contributed by atoms with E-state index in [4.69, 9.17) is 9.47 Å². The molecule has 4 aliphatic carbocycles. The molecule has 1 N–H and O–H groups in total. The van der Waals surface area contributed by atoms with Gasteiger partial charge in [-0.1, -0.05) is 39.3 Å². The normalized spacial score (nSPS) is 43.1. The molecule has 0 saturated heterocycles. The standard InChI is InChI=1S/C28H37FO7/c1-6-23(33)35-15-22(32)28(36-24(34)7-2)16(3)12-20-19-9-8-17-13-18(30)10-11-25(17,4)27(19,29)21(31)14-26(20,28)5/h10-11,13,16,19-21,31H,6-9,12,14-15H2,1-5H3/t16-,19+,20+,21+,25+,26+,27+,28-/m1/s1. The highest BCUT2D eigenvalue weighted by Crippen LogP contribution is 2.71. The number of ketones is 2. The highest BCUT2D eigenvalue weighted by molar-refractivity contribution is 6.01. The van der Waals surface area contributed by atoms with Crippen molar-refractivity contribution in [2.45, 2.75) is 90.5 Å². The number of fused-ring (bicyclic) bond motifs is 5. The molecule has 0 aromatic rings. The van der Waals surface area contributed by atoms with Crippen molar-refractivity contribution < 1.29 is 38.1 Å². The van der Waals surface area contributed by atoms with E-state index in [2.05, 4.69) is 0 Å². The lowest BCUT2D eigenvalue weighted by Crippen LogP contribution is -2.70. The van der Waals surface area contributed by atoms with Crippen LogP contribution in [0.5, 0.6) is 0 Å². The second kappa shape index (κ2) is 8.89. The summed E-state index contributed by atoms with van der Waals surface area (Å²) in [5.41, 5.74) is -5.26. The monoisotopic (exact) mass is 504 g/mol. The minimum atomic E-state index is -2.05. The number of carbonyl (C=O) groups is 4. The SMILES string of the molecule is CCC(=O)OCC(=O)[C@]1(OC(=O)CC)[C@H](C)C[C@H]2[C@@H]3CCC4=CC(=O)C=C[C@]4(C)[C@@]3(F)[C@@H](O)C[C@@]21C. The number of allylic oxidation sites excluding steroid dienone is 4. The van der Waals surface area contributed by atoms with Gasteiger partial charge in [0.05, 0.1) is 6.10 Å². The molecule has 4 aliphatic rings. The summed E-state index contributed by atoms with van der Waals surface area (Å²) in [5.74, 6) is -3.31. The summed E-state index contributed by atoms with van der Waals surface area (Å²) < 4.78 is 28.5. The Balaban J connectivity index is 1.80. The molecule has 0 bridgehead atoms. The number of alkyl halides is 1. The summed E-state index contributed by atoms with van der Waals surface area (Å²) >= 11 is 0. The predicted octanol–water partition coefficient (Wildman–Crippen LogP) is 3.82. The molecular formula is C28H37FO7. The largest absolute Gasteiger partial charge is 0.457 e. The molecular weight excluding hydrogens is 467 g/mol. The second-order valence-electron chi connectivity index (χ2n) is 11.4. The lowest BCUT2D eigenvalue weighted by Gasteiger charge is -2.62. The Morgan fingerprint density at radius 2 is 1.81 bits per heavy atom. The van der Waals surface area contributed by atoms with Gasteiger partial charge in [0.15, 0.2) is 23.7 Å². The van der Waals surface area contributed by atoms with Crippen LogP contribution < -0.4 is 0 Å². The summed E-state index contributed by atoms with van der Waals surface area (Å²) in [6.07, 6.45) is 4.32. The van der Waals surface area contributed by atoms with E-state index in [1.807, 2.05) is 6.92 Å². The summed E-state index contributed by atoms with van der Waals surface area (Å²) in [6.45, 7) is 8.05. The predicted molar refractivity (Wildman–Crippen MR) is 128 cm³/mol. The number of ether oxygens (including phenoxy) is 2. The summed E-state index contributed by atoms with van der Waals surface area (Å²) in [4.78, 5) is 50.3. The number of esters is 2. The van der Waals surface area contributed by atoms with Gasteiger partial charge in [-0.05, 0) is 50.7 Å². The zero-order chi connectivity index (χ0) is 26.7. The van der Waals surface area contributed by atoms with Crippen LogP contribution in [0.2, 0.25) is 0 Å². The Morgan fingerprint density at radius 1 is 1.14 bits per heavy atom. The van der Waals surface area contributed by atoms with Crippen LogP contribution in [-0.4, -0.2) is 52.6 Å². The zero-order valence-corrected chi connectivity index (χ0v) is 21.8. The molecule has 0 amide bonds. The molecule has 0 unspecified atom stereocenters. The third kappa shape index (κ3) is 3.39. The van der Waals surface area contributed by atoms with Gasteiger partial charge in [-0.15, -0.1) is 0 Å². The molecule has 4 rings (SSSR count). The minimum absolute atomic E-state index is 0.0430. The van der Waals surface area contributed by atoms with Crippen LogP contribution in [0.25, 0.3) is 0 Å². The van der Waals surface area contributed by atoms with Gasteiger partial charge in [0.25, 0.3) is 0 Å². The van der Waals surface area contributed by atoms with Gasteiger partial charge in [0, 0.05) is 35.5 Å². The van der Waals surface area contributed by atoms with Crippen molar-refractivity contribution in [3.05, 3.63) is 23.8 Å². The molecule has 198 valence electrons. The number of hydrogen-bond acceptors (Lipinski definition) is 7. The first-order chi connectivity index (χ1) is 16.8. The molecule has 7 nitrogen and oxygen atoms in total. The number of carbonyl (C=O) groups excluding carboxylic acids is 4. The number of Topliss-reactive ketones (excluding diaryl/α,β-unsaturated/α-hetero) is 1. The maximum atomic E-state index is 17.4. The zero-order valence-electron chi connectivity index (χ0n) is 21.8. The van der Waals surface area contributed by atoms with Gasteiger partial charge in [-0.2, -0.15) is 0 Å². The number of rotatable bonds is 6. The van der Waals surface area contributed by atoms with Gasteiger partial charge in [-0.25, -0.2) is 4.39 Å². The smallest absolute Gasteiger partial charge is 0.306 e. The molecule has 0 radical (unpaired) electrons. The Hall–Kier alpha value is -2.35. The van der Waals surface area contributed by atoms with E-state index in [1.165, 1.54) is 12.2 Å². The van der Waals surface area contributed by atoms with Crippen molar-refractivity contribution in [1.29, 1.82) is 0 Å². The highest BCUT2D eigenvalue weighted by Gasteiger charge is 2.77. The third-order valence-corrected chi connectivity index (χ3v) is 9.81. The van der Waals surface area contributed by atoms with Gasteiger partial charge < -0.3 is 14.6 Å². The first kappa shape index (κ1) is 26.7. The molecule has 3 saturated carbocycles. The van der Waals surface area contributed by atoms with E-state index in [-0.39, 0.29) is 31.0 Å². The summed E-state index contributed by atoms with van der Waals surface area (Å²) in [6, 6.07) is 0. The molecule has 36 heavy (non-hydrogen) atoms. The van der Waals surface area contributed by atoms with Crippen molar-refractivity contribution in [2.75, 3.05) is 6.61 Å². The Morgan fingerprint density at radius 3 is 2.44 bits per heavy atom. The van der Waals surface area contributed by atoms with E-state index in [1.54, 1.807) is 33.8 Å². The molecule has 0 aliphatic heterocycles. The summed E-state index contributed by atoms with van der Waals surface area (Å²) in [5, 5.41) is 11.5. The molecule has 0 heterocycles. The average Bonchev–Trinajstić information content (AvgIpc) is 3.05. The van der Waals surface area contributed by atoms with Crippen LogP contribution in [0.15, 0.2) is 23.8 Å². The lowest BCUT2D eigenvalue weighted by molar-refractivity contribution is -0.228. The molecule has 0 aromatic heterocycles. The fraction of sp³-hybridized carbons (Fsp3) is 0.714. The summed E-state index contributed by atoms with van der Waals surface area (Å²) in [7, 11) is 0. The maximum Gasteiger partial charge on any atom is 0.306 e. The molecule has 3 fully saturated rings. The van der Waals surface area contributed by atoms with E-state index >= 15 is 4.39 Å². The van der Waals surface area contributed by atoms with Crippen LogP contribution >= 0.6 is 0 Å². The average molecular weight is 505 g/mol. The Kier molecular flexibility index (Phi) is 6.60. The van der Waals surface area contributed by atoms with Crippen LogP contribution in [0, 0.1) is 28.6 Å². The molecule has 8 atom stereocenters. The van der Waals surface area contributed by atoms with Crippen molar-refractivity contribution in [2.24, 2.45) is 28.6 Å². The van der Waals surface area contributed by atoms with Gasteiger partial charge >= 0.3 is 11.9 Å². The molecule has 0 spiro atoms.